The zero-order valence-electron chi connectivity index (χ0n) is 7.57. The highest BCUT2D eigenvalue weighted by molar-refractivity contribution is 9.09. The van der Waals surface area contributed by atoms with Gasteiger partial charge in [-0.15, -0.1) is 0 Å². The molecule has 0 aromatic rings. The van der Waals surface area contributed by atoms with Crippen LogP contribution in [0.4, 0.5) is 0 Å². The third-order valence-corrected chi connectivity index (χ3v) is 2.03. The first-order valence-corrected chi connectivity index (χ1v) is 5.31. The molecular weight excluding hydrogens is 204 g/mol. The zero-order valence-corrected chi connectivity index (χ0v) is 9.15. The SMILES string of the molecule is CN(C)CCNCCCCBr. The molecule has 0 aromatic heterocycles. The van der Waals surface area contributed by atoms with Gasteiger partial charge in [-0.05, 0) is 33.5 Å². The molecule has 0 saturated heterocycles. The van der Waals surface area contributed by atoms with Crippen LogP contribution < -0.4 is 5.32 Å². The fraction of sp³-hybridized carbons (Fsp3) is 1.00. The molecule has 0 rings (SSSR count). The van der Waals surface area contributed by atoms with Crippen molar-refractivity contribution < 1.29 is 0 Å². The van der Waals surface area contributed by atoms with E-state index in [0.717, 1.165) is 25.0 Å². The van der Waals surface area contributed by atoms with Gasteiger partial charge in [-0.25, -0.2) is 0 Å². The first-order chi connectivity index (χ1) is 5.27. The molecule has 3 heteroatoms. The Morgan fingerprint density at radius 3 is 2.45 bits per heavy atom. The van der Waals surface area contributed by atoms with E-state index in [1.807, 2.05) is 0 Å². The fourth-order valence-electron chi connectivity index (χ4n) is 0.772. The Bertz CT molecular complexity index is 76.5. The summed E-state index contributed by atoms with van der Waals surface area (Å²) in [4.78, 5) is 2.19. The van der Waals surface area contributed by atoms with E-state index in [2.05, 4.69) is 40.2 Å². The molecule has 0 heterocycles. The van der Waals surface area contributed by atoms with E-state index in [0.29, 0.717) is 0 Å². The predicted molar refractivity (Wildman–Crippen MR) is 54.5 cm³/mol. The van der Waals surface area contributed by atoms with Gasteiger partial charge in [0.2, 0.25) is 0 Å². The summed E-state index contributed by atoms with van der Waals surface area (Å²) in [5.74, 6) is 0. The van der Waals surface area contributed by atoms with Crippen molar-refractivity contribution in [2.24, 2.45) is 0 Å². The molecule has 0 bridgehead atoms. The van der Waals surface area contributed by atoms with Gasteiger partial charge in [0.25, 0.3) is 0 Å². The van der Waals surface area contributed by atoms with E-state index in [1.54, 1.807) is 0 Å². The Morgan fingerprint density at radius 2 is 1.91 bits per heavy atom. The summed E-state index contributed by atoms with van der Waals surface area (Å²) in [5, 5.41) is 4.52. The number of unbranched alkanes of at least 4 members (excludes halogenated alkanes) is 1. The maximum Gasteiger partial charge on any atom is 0.0101 e. The highest BCUT2D eigenvalue weighted by atomic mass is 79.9. The minimum atomic E-state index is 1.11. The van der Waals surface area contributed by atoms with E-state index in [-0.39, 0.29) is 0 Å². The first-order valence-electron chi connectivity index (χ1n) is 4.19. The normalized spacial score (nSPS) is 10.9. The lowest BCUT2D eigenvalue weighted by molar-refractivity contribution is 0.399. The van der Waals surface area contributed by atoms with E-state index in [9.17, 15) is 0 Å². The van der Waals surface area contributed by atoms with Crippen molar-refractivity contribution in [2.75, 3.05) is 39.1 Å². The number of nitrogens with zero attached hydrogens (tertiary/aromatic N) is 1. The van der Waals surface area contributed by atoms with Gasteiger partial charge < -0.3 is 10.2 Å². The number of rotatable bonds is 7. The highest BCUT2D eigenvalue weighted by Gasteiger charge is 1.89. The molecule has 0 atom stereocenters. The van der Waals surface area contributed by atoms with Gasteiger partial charge in [-0.2, -0.15) is 0 Å². The second-order valence-electron chi connectivity index (χ2n) is 2.95. The van der Waals surface area contributed by atoms with Gasteiger partial charge in [-0.1, -0.05) is 15.9 Å². The van der Waals surface area contributed by atoms with Crippen molar-refractivity contribution in [1.82, 2.24) is 10.2 Å². The maximum atomic E-state index is 3.41. The fourth-order valence-corrected chi connectivity index (χ4v) is 1.17. The Kier molecular flexibility index (Phi) is 8.81. The van der Waals surface area contributed by atoms with Gasteiger partial charge in [-0.3, -0.25) is 0 Å². The minimum Gasteiger partial charge on any atom is -0.315 e. The molecule has 11 heavy (non-hydrogen) atoms. The van der Waals surface area contributed by atoms with Crippen LogP contribution in [-0.2, 0) is 0 Å². The summed E-state index contributed by atoms with van der Waals surface area (Å²) in [6, 6.07) is 0. The summed E-state index contributed by atoms with van der Waals surface area (Å²) in [6.45, 7) is 3.39. The molecule has 68 valence electrons. The molecule has 0 aliphatic rings. The number of nitrogens with one attached hydrogen (secondary N) is 1. The summed E-state index contributed by atoms with van der Waals surface area (Å²) in [6.07, 6.45) is 2.55. The van der Waals surface area contributed by atoms with Gasteiger partial charge >= 0.3 is 0 Å². The standard InChI is InChI=1S/C8H19BrN2/c1-11(2)8-7-10-6-4-3-5-9/h10H,3-8H2,1-2H3. The van der Waals surface area contributed by atoms with Crippen molar-refractivity contribution in [3.8, 4) is 0 Å². The molecular formula is C8H19BrN2. The second-order valence-corrected chi connectivity index (χ2v) is 3.74. The molecule has 0 radical (unpaired) electrons. The first kappa shape index (κ1) is 11.4. The lowest BCUT2D eigenvalue weighted by atomic mass is 10.3. The summed E-state index contributed by atoms with van der Waals surface area (Å²) in [5.41, 5.74) is 0. The average Bonchev–Trinajstić information content (AvgIpc) is 1.96. The van der Waals surface area contributed by atoms with Crippen molar-refractivity contribution in [1.29, 1.82) is 0 Å². The predicted octanol–water partition coefficient (Wildman–Crippen LogP) is 1.31. The molecule has 0 saturated carbocycles. The molecule has 0 aromatic carbocycles. The summed E-state index contributed by atoms with van der Waals surface area (Å²) >= 11 is 3.41. The molecule has 2 nitrogen and oxygen atoms in total. The monoisotopic (exact) mass is 222 g/mol. The van der Waals surface area contributed by atoms with E-state index in [1.165, 1.54) is 12.8 Å². The lowest BCUT2D eigenvalue weighted by Gasteiger charge is -2.09. The van der Waals surface area contributed by atoms with Crippen LogP contribution in [0.25, 0.3) is 0 Å². The quantitative estimate of drug-likeness (QED) is 0.517. The number of alkyl halides is 1. The Hall–Kier alpha value is 0.400. The highest BCUT2D eigenvalue weighted by Crippen LogP contribution is 1.91. The van der Waals surface area contributed by atoms with E-state index in [4.69, 9.17) is 0 Å². The number of hydrogen-bond donors (Lipinski definition) is 1. The third-order valence-electron chi connectivity index (χ3n) is 1.47. The molecule has 0 aliphatic heterocycles. The summed E-state index contributed by atoms with van der Waals surface area (Å²) < 4.78 is 0. The Balaban J connectivity index is 2.80. The van der Waals surface area contributed by atoms with Crippen LogP contribution in [0.3, 0.4) is 0 Å². The van der Waals surface area contributed by atoms with Crippen LogP contribution in [-0.4, -0.2) is 44.0 Å². The molecule has 0 amide bonds. The lowest BCUT2D eigenvalue weighted by Crippen LogP contribution is -2.27. The molecule has 0 spiro atoms. The Labute approximate surface area is 78.5 Å². The van der Waals surface area contributed by atoms with Gasteiger partial charge in [0.15, 0.2) is 0 Å². The molecule has 0 unspecified atom stereocenters. The van der Waals surface area contributed by atoms with Gasteiger partial charge in [0, 0.05) is 18.4 Å². The van der Waals surface area contributed by atoms with E-state index < -0.39 is 0 Å². The largest absolute Gasteiger partial charge is 0.315 e. The molecule has 1 N–H and O–H groups in total. The zero-order chi connectivity index (χ0) is 8.53. The van der Waals surface area contributed by atoms with Crippen LogP contribution in [0.1, 0.15) is 12.8 Å². The average molecular weight is 223 g/mol. The van der Waals surface area contributed by atoms with Gasteiger partial charge in [0.05, 0.1) is 0 Å². The van der Waals surface area contributed by atoms with Gasteiger partial charge in [0.1, 0.15) is 0 Å². The second kappa shape index (κ2) is 8.50. The molecule has 0 fully saturated rings. The number of halogens is 1. The Morgan fingerprint density at radius 1 is 1.18 bits per heavy atom. The van der Waals surface area contributed by atoms with Crippen molar-refractivity contribution in [3.05, 3.63) is 0 Å². The summed E-state index contributed by atoms with van der Waals surface area (Å²) in [7, 11) is 4.19. The number of hydrogen-bond acceptors (Lipinski definition) is 2. The van der Waals surface area contributed by atoms with Crippen LogP contribution >= 0.6 is 15.9 Å². The van der Waals surface area contributed by atoms with Crippen LogP contribution in [0.5, 0.6) is 0 Å². The van der Waals surface area contributed by atoms with Crippen LogP contribution in [0.15, 0.2) is 0 Å². The van der Waals surface area contributed by atoms with Crippen molar-refractivity contribution in [2.45, 2.75) is 12.8 Å². The van der Waals surface area contributed by atoms with Crippen LogP contribution in [0, 0.1) is 0 Å². The topological polar surface area (TPSA) is 15.3 Å². The minimum absolute atomic E-state index is 1.11. The number of likely N-dealkylation sites (N-methyl/N-ethyl adjacent to an activating group) is 1. The van der Waals surface area contributed by atoms with E-state index >= 15 is 0 Å². The third kappa shape index (κ3) is 10.4. The molecule has 0 aliphatic carbocycles. The van der Waals surface area contributed by atoms with Crippen molar-refractivity contribution >= 4 is 15.9 Å². The maximum absolute atomic E-state index is 3.41. The van der Waals surface area contributed by atoms with Crippen molar-refractivity contribution in [3.63, 3.8) is 0 Å². The smallest absolute Gasteiger partial charge is 0.0101 e. The van der Waals surface area contributed by atoms with Crippen LogP contribution in [0.2, 0.25) is 0 Å².